The monoisotopic (exact) mass is 435 g/mol. The summed E-state index contributed by atoms with van der Waals surface area (Å²) in [6, 6.07) is 8.84. The normalized spacial score (nSPS) is 18.4. The summed E-state index contributed by atoms with van der Waals surface area (Å²) in [6.07, 6.45) is 6.58. The summed E-state index contributed by atoms with van der Waals surface area (Å²) in [5, 5.41) is 5.36. The first kappa shape index (κ1) is 21.1. The zero-order chi connectivity index (χ0) is 22.2. The molecule has 168 valence electrons. The summed E-state index contributed by atoms with van der Waals surface area (Å²) in [5.74, 6) is -0.297. The zero-order valence-corrected chi connectivity index (χ0v) is 18.9. The molecule has 0 atom stereocenters. The largest absolute Gasteiger partial charge is 0.336 e. The maximum atomic E-state index is 13.8. The van der Waals surface area contributed by atoms with Crippen LogP contribution in [0.1, 0.15) is 53.8 Å². The summed E-state index contributed by atoms with van der Waals surface area (Å²) < 4.78 is 15.5. The molecule has 1 amide bonds. The highest BCUT2D eigenvalue weighted by atomic mass is 19.1. The predicted molar refractivity (Wildman–Crippen MR) is 123 cm³/mol. The number of aryl methyl sites for hydroxylation is 2. The van der Waals surface area contributed by atoms with Crippen LogP contribution in [-0.2, 0) is 0 Å². The van der Waals surface area contributed by atoms with E-state index < -0.39 is 0 Å². The van der Waals surface area contributed by atoms with E-state index in [1.807, 2.05) is 24.8 Å². The van der Waals surface area contributed by atoms with Crippen LogP contribution < -0.4 is 0 Å². The van der Waals surface area contributed by atoms with E-state index in [1.54, 1.807) is 16.8 Å². The zero-order valence-electron chi connectivity index (χ0n) is 18.9. The molecule has 5 rings (SSSR count). The minimum absolute atomic E-state index is 0.0330. The van der Waals surface area contributed by atoms with Crippen molar-refractivity contribution < 1.29 is 9.18 Å². The number of hydrogen-bond acceptors (Lipinski definition) is 4. The Labute approximate surface area is 188 Å². The van der Waals surface area contributed by atoms with Crippen molar-refractivity contribution in [2.45, 2.75) is 52.0 Å². The highest BCUT2D eigenvalue weighted by molar-refractivity contribution is 6.06. The van der Waals surface area contributed by atoms with Gasteiger partial charge in [-0.2, -0.15) is 5.10 Å². The first-order valence-electron chi connectivity index (χ1n) is 11.7. The van der Waals surface area contributed by atoms with Gasteiger partial charge in [0.25, 0.3) is 5.91 Å². The van der Waals surface area contributed by atoms with Gasteiger partial charge < -0.3 is 4.90 Å². The maximum Gasteiger partial charge on any atom is 0.254 e. The number of carbonyl (C=O) groups is 1. The molecule has 7 heteroatoms. The lowest BCUT2D eigenvalue weighted by molar-refractivity contribution is 0.0525. The summed E-state index contributed by atoms with van der Waals surface area (Å²) >= 11 is 0. The van der Waals surface area contributed by atoms with Crippen molar-refractivity contribution >= 4 is 16.9 Å². The Balaban J connectivity index is 1.43. The molecule has 2 fully saturated rings. The summed E-state index contributed by atoms with van der Waals surface area (Å²) in [5.41, 5.74) is 3.30. The SMILES string of the molecule is Cc1cc(C(=O)N2CCN(C3CCCCC3)CC2)c2c(C)nn(-c3cccc(F)c3)c2n1. The lowest BCUT2D eigenvalue weighted by Gasteiger charge is -2.40. The molecule has 1 aliphatic heterocycles. The number of carbonyl (C=O) groups excluding carboxylic acids is 1. The second-order valence-corrected chi connectivity index (χ2v) is 9.11. The molecular weight excluding hydrogens is 405 g/mol. The number of hydrogen-bond donors (Lipinski definition) is 0. The fourth-order valence-electron chi connectivity index (χ4n) is 5.28. The molecule has 1 saturated heterocycles. The topological polar surface area (TPSA) is 54.3 Å². The molecule has 0 bridgehead atoms. The third kappa shape index (κ3) is 3.90. The van der Waals surface area contributed by atoms with Gasteiger partial charge in [0.15, 0.2) is 5.65 Å². The Bertz CT molecular complexity index is 1140. The van der Waals surface area contributed by atoms with Gasteiger partial charge in [-0.25, -0.2) is 14.1 Å². The van der Waals surface area contributed by atoms with Crippen molar-refractivity contribution in [3.63, 3.8) is 0 Å². The summed E-state index contributed by atoms with van der Waals surface area (Å²) in [7, 11) is 0. The molecule has 0 N–H and O–H groups in total. The van der Waals surface area contributed by atoms with E-state index >= 15 is 0 Å². The van der Waals surface area contributed by atoms with Crippen LogP contribution in [0.2, 0.25) is 0 Å². The van der Waals surface area contributed by atoms with E-state index in [-0.39, 0.29) is 11.7 Å². The van der Waals surface area contributed by atoms with Gasteiger partial charge in [0, 0.05) is 37.9 Å². The van der Waals surface area contributed by atoms with Gasteiger partial charge in [0.1, 0.15) is 5.82 Å². The number of rotatable bonds is 3. The molecule has 1 aliphatic carbocycles. The van der Waals surface area contributed by atoms with Crippen LogP contribution in [0.3, 0.4) is 0 Å². The predicted octanol–water partition coefficient (Wildman–Crippen LogP) is 4.27. The van der Waals surface area contributed by atoms with E-state index in [4.69, 9.17) is 0 Å². The van der Waals surface area contributed by atoms with Crippen molar-refractivity contribution in [2.75, 3.05) is 26.2 Å². The Morgan fingerprint density at radius 3 is 2.50 bits per heavy atom. The second-order valence-electron chi connectivity index (χ2n) is 9.11. The smallest absolute Gasteiger partial charge is 0.254 e. The molecule has 2 aliphatic rings. The van der Waals surface area contributed by atoms with Crippen LogP contribution in [-0.4, -0.2) is 62.7 Å². The first-order valence-corrected chi connectivity index (χ1v) is 11.7. The van der Waals surface area contributed by atoms with Gasteiger partial charge in [0.2, 0.25) is 0 Å². The second kappa shape index (κ2) is 8.62. The fraction of sp³-hybridized carbons (Fsp3) is 0.480. The number of halogens is 1. The van der Waals surface area contributed by atoms with Crippen LogP contribution in [0.4, 0.5) is 4.39 Å². The van der Waals surface area contributed by atoms with Crippen molar-refractivity contribution in [3.8, 4) is 5.69 Å². The third-order valence-corrected chi connectivity index (χ3v) is 6.92. The number of aromatic nitrogens is 3. The average Bonchev–Trinajstić information content (AvgIpc) is 3.15. The third-order valence-electron chi connectivity index (χ3n) is 6.92. The molecular formula is C25H30FN5O. The molecule has 6 nitrogen and oxygen atoms in total. The van der Waals surface area contributed by atoms with Gasteiger partial charge in [0.05, 0.1) is 22.3 Å². The quantitative estimate of drug-likeness (QED) is 0.617. The van der Waals surface area contributed by atoms with Crippen LogP contribution >= 0.6 is 0 Å². The van der Waals surface area contributed by atoms with Gasteiger partial charge in [-0.1, -0.05) is 25.3 Å². The standard InChI is InChI=1S/C25H30FN5O/c1-17-15-22(25(32)30-13-11-29(12-14-30)20-8-4-3-5-9-20)23-18(2)28-31(24(23)27-17)21-10-6-7-19(26)16-21/h6-7,10,15-16,20H,3-5,8-9,11-14H2,1-2H3. The van der Waals surface area contributed by atoms with Crippen LogP contribution in [0, 0.1) is 19.7 Å². The molecule has 1 saturated carbocycles. The van der Waals surface area contributed by atoms with Crippen molar-refractivity contribution in [1.82, 2.24) is 24.6 Å². The molecule has 0 radical (unpaired) electrons. The Morgan fingerprint density at radius 1 is 1.03 bits per heavy atom. The molecule has 2 aromatic heterocycles. The minimum Gasteiger partial charge on any atom is -0.336 e. The number of fused-ring (bicyclic) bond motifs is 1. The van der Waals surface area contributed by atoms with Crippen LogP contribution in [0.25, 0.3) is 16.7 Å². The number of amides is 1. The molecule has 3 aromatic rings. The number of piperazine rings is 1. The Kier molecular flexibility index (Phi) is 5.67. The maximum absolute atomic E-state index is 13.8. The van der Waals surface area contributed by atoms with E-state index in [1.165, 1.54) is 44.2 Å². The highest BCUT2D eigenvalue weighted by Gasteiger charge is 2.29. The van der Waals surface area contributed by atoms with Gasteiger partial charge in [-0.3, -0.25) is 9.69 Å². The minimum atomic E-state index is -0.330. The number of pyridine rings is 1. The number of nitrogens with zero attached hydrogens (tertiary/aromatic N) is 5. The van der Waals surface area contributed by atoms with Crippen molar-refractivity contribution in [2.24, 2.45) is 0 Å². The first-order chi connectivity index (χ1) is 15.5. The fourth-order valence-corrected chi connectivity index (χ4v) is 5.28. The number of benzene rings is 1. The summed E-state index contributed by atoms with van der Waals surface area (Å²) in [6.45, 7) is 7.13. The van der Waals surface area contributed by atoms with Crippen LogP contribution in [0.15, 0.2) is 30.3 Å². The van der Waals surface area contributed by atoms with E-state index in [0.29, 0.717) is 22.9 Å². The molecule has 32 heavy (non-hydrogen) atoms. The molecule has 0 unspecified atom stereocenters. The van der Waals surface area contributed by atoms with E-state index in [0.717, 1.165) is 43.0 Å². The lowest BCUT2D eigenvalue weighted by atomic mass is 9.94. The molecule has 1 aromatic carbocycles. The van der Waals surface area contributed by atoms with Crippen LogP contribution in [0.5, 0.6) is 0 Å². The highest BCUT2D eigenvalue weighted by Crippen LogP contribution is 2.28. The van der Waals surface area contributed by atoms with E-state index in [2.05, 4.69) is 15.0 Å². The van der Waals surface area contributed by atoms with Gasteiger partial charge in [-0.05, 0) is 51.0 Å². The van der Waals surface area contributed by atoms with Gasteiger partial charge in [-0.15, -0.1) is 0 Å². The Morgan fingerprint density at radius 2 is 1.78 bits per heavy atom. The van der Waals surface area contributed by atoms with Crippen molar-refractivity contribution in [1.29, 1.82) is 0 Å². The molecule has 0 spiro atoms. The van der Waals surface area contributed by atoms with E-state index in [9.17, 15) is 9.18 Å². The van der Waals surface area contributed by atoms with Gasteiger partial charge >= 0.3 is 0 Å². The molecule has 3 heterocycles. The summed E-state index contributed by atoms with van der Waals surface area (Å²) in [4.78, 5) is 22.8. The average molecular weight is 436 g/mol. The lowest BCUT2D eigenvalue weighted by Crippen LogP contribution is -2.52. The Hall–Kier alpha value is -2.80. The van der Waals surface area contributed by atoms with Crippen molar-refractivity contribution in [3.05, 3.63) is 53.1 Å².